The van der Waals surface area contributed by atoms with Crippen LogP contribution in [-0.4, -0.2) is 53.3 Å². The number of β-lactam (4-membered cyclic amide) rings is 1. The fourth-order valence-corrected chi connectivity index (χ4v) is 4.09. The van der Waals surface area contributed by atoms with Crippen molar-refractivity contribution in [2.45, 2.75) is 18.3 Å². The van der Waals surface area contributed by atoms with Crippen molar-refractivity contribution in [3.05, 3.63) is 59.2 Å². The molecule has 1 aromatic rings. The summed E-state index contributed by atoms with van der Waals surface area (Å²) >= 11 is 1.06. The molecule has 0 aromatic heterocycles. The van der Waals surface area contributed by atoms with E-state index in [2.05, 4.69) is 11.9 Å². The summed E-state index contributed by atoms with van der Waals surface area (Å²) in [6.45, 7) is 4.70. The highest BCUT2D eigenvalue weighted by Crippen LogP contribution is 2.45. The molecule has 0 aliphatic carbocycles. The quantitative estimate of drug-likeness (QED) is 0.309. The lowest BCUT2D eigenvalue weighted by Crippen LogP contribution is -2.70. The number of fused-ring (bicyclic) bond motifs is 1. The highest BCUT2D eigenvalue weighted by Gasteiger charge is 2.55. The standard InChI is InChI=1S/C20H18N2O6S/c1-3-9-27-20(26)17-12(2)14(10-23)29-19-16(18(25)22(17)19)21-15(24)11-28-13-7-5-4-6-8-13/h3-8,16,19H,1,9,11H2,2H3,(H,21,24)/t16-,19+/m1/s1. The van der Waals surface area contributed by atoms with E-state index in [1.54, 1.807) is 37.1 Å². The third kappa shape index (κ3) is 4.11. The highest BCUT2D eigenvalue weighted by molar-refractivity contribution is 8.04. The third-order valence-electron chi connectivity index (χ3n) is 4.27. The number of hydrogen-bond donors (Lipinski definition) is 1. The van der Waals surface area contributed by atoms with Crippen LogP contribution in [-0.2, 0) is 23.9 Å². The van der Waals surface area contributed by atoms with E-state index in [4.69, 9.17) is 9.47 Å². The Morgan fingerprint density at radius 1 is 1.34 bits per heavy atom. The molecule has 2 aliphatic rings. The van der Waals surface area contributed by atoms with Gasteiger partial charge in [0.1, 0.15) is 35.4 Å². The first-order chi connectivity index (χ1) is 14.0. The van der Waals surface area contributed by atoms with Crippen molar-refractivity contribution >= 4 is 35.5 Å². The zero-order chi connectivity index (χ0) is 21.0. The molecule has 2 atom stereocenters. The molecule has 150 valence electrons. The van der Waals surface area contributed by atoms with E-state index in [-0.39, 0.29) is 23.8 Å². The van der Waals surface area contributed by atoms with Crippen LogP contribution in [0.2, 0.25) is 0 Å². The maximum atomic E-state index is 12.6. The van der Waals surface area contributed by atoms with E-state index in [9.17, 15) is 19.2 Å². The van der Waals surface area contributed by atoms with Crippen LogP contribution in [0.5, 0.6) is 5.75 Å². The van der Waals surface area contributed by atoms with Gasteiger partial charge in [0.15, 0.2) is 6.61 Å². The summed E-state index contributed by atoms with van der Waals surface area (Å²) < 4.78 is 10.4. The normalized spacial score (nSPS) is 20.2. The van der Waals surface area contributed by atoms with Gasteiger partial charge in [-0.15, -0.1) is 0 Å². The minimum absolute atomic E-state index is 0.0232. The average Bonchev–Trinajstić information content (AvgIpc) is 2.74. The molecule has 2 heterocycles. The molecule has 9 heteroatoms. The second-order valence-corrected chi connectivity index (χ2v) is 7.28. The molecule has 1 fully saturated rings. The van der Waals surface area contributed by atoms with E-state index >= 15 is 0 Å². The Morgan fingerprint density at radius 2 is 2.07 bits per heavy atom. The number of amides is 2. The summed E-state index contributed by atoms with van der Waals surface area (Å²) in [7, 11) is 0. The average molecular weight is 414 g/mol. The maximum Gasteiger partial charge on any atom is 0.355 e. The van der Waals surface area contributed by atoms with Gasteiger partial charge in [-0.25, -0.2) is 9.59 Å². The van der Waals surface area contributed by atoms with E-state index in [0.29, 0.717) is 11.3 Å². The van der Waals surface area contributed by atoms with Crippen LogP contribution in [0.4, 0.5) is 0 Å². The van der Waals surface area contributed by atoms with Crippen molar-refractivity contribution in [2.24, 2.45) is 0 Å². The summed E-state index contributed by atoms with van der Waals surface area (Å²) in [4.78, 5) is 49.9. The van der Waals surface area contributed by atoms with Gasteiger partial charge in [-0.05, 0) is 19.1 Å². The number of thioether (sulfide) groups is 1. The first-order valence-electron chi connectivity index (χ1n) is 8.69. The fraction of sp³-hybridized carbons (Fsp3) is 0.250. The van der Waals surface area contributed by atoms with E-state index in [1.165, 1.54) is 11.0 Å². The number of esters is 1. The van der Waals surface area contributed by atoms with Gasteiger partial charge in [0.05, 0.1) is 4.91 Å². The minimum atomic E-state index is -0.898. The van der Waals surface area contributed by atoms with Gasteiger partial charge in [-0.1, -0.05) is 42.6 Å². The molecule has 3 rings (SSSR count). The fourth-order valence-electron chi connectivity index (χ4n) is 2.89. The number of carbonyl (C=O) groups is 3. The largest absolute Gasteiger partial charge is 0.484 e. The Bertz CT molecular complexity index is 936. The number of nitrogens with one attached hydrogen (secondary N) is 1. The van der Waals surface area contributed by atoms with E-state index in [0.717, 1.165) is 11.8 Å². The van der Waals surface area contributed by atoms with Gasteiger partial charge in [0.25, 0.3) is 11.8 Å². The van der Waals surface area contributed by atoms with Crippen molar-refractivity contribution in [2.75, 3.05) is 13.2 Å². The molecular formula is C20H18N2O6S. The van der Waals surface area contributed by atoms with Gasteiger partial charge in [-0.3, -0.25) is 14.5 Å². The van der Waals surface area contributed by atoms with Crippen LogP contribution in [0.15, 0.2) is 59.2 Å². The van der Waals surface area contributed by atoms with E-state index in [1.807, 2.05) is 6.07 Å². The number of ether oxygens (including phenoxy) is 2. The Hall–Kier alpha value is -3.29. The van der Waals surface area contributed by atoms with E-state index < -0.39 is 29.2 Å². The van der Waals surface area contributed by atoms with Crippen LogP contribution in [0.1, 0.15) is 6.92 Å². The molecule has 1 aromatic carbocycles. The molecule has 29 heavy (non-hydrogen) atoms. The van der Waals surface area contributed by atoms with Crippen LogP contribution < -0.4 is 10.1 Å². The van der Waals surface area contributed by atoms with Crippen molar-refractivity contribution < 1.29 is 28.7 Å². The predicted octanol–water partition coefficient (Wildman–Crippen LogP) is 1.18. The van der Waals surface area contributed by atoms with Crippen LogP contribution in [0.3, 0.4) is 0 Å². The Morgan fingerprint density at radius 3 is 2.72 bits per heavy atom. The second kappa shape index (κ2) is 8.81. The van der Waals surface area contributed by atoms with Crippen LogP contribution >= 0.6 is 11.8 Å². The van der Waals surface area contributed by atoms with Crippen molar-refractivity contribution in [1.82, 2.24) is 10.2 Å². The number of rotatable bonds is 7. The molecule has 0 saturated carbocycles. The van der Waals surface area contributed by atoms with Crippen molar-refractivity contribution in [3.63, 3.8) is 0 Å². The summed E-state index contributed by atoms with van der Waals surface area (Å²) in [5.41, 5.74) is 0.283. The van der Waals surface area contributed by atoms with Gasteiger partial charge in [0.2, 0.25) is 0 Å². The molecule has 0 spiro atoms. The summed E-state index contributed by atoms with van der Waals surface area (Å²) in [5.74, 6) is 0.599. The lowest BCUT2D eigenvalue weighted by atomic mass is 10.0. The zero-order valence-corrected chi connectivity index (χ0v) is 16.4. The molecule has 0 radical (unpaired) electrons. The minimum Gasteiger partial charge on any atom is -0.484 e. The summed E-state index contributed by atoms with van der Waals surface area (Å²) in [6, 6.07) is 7.88. The summed E-state index contributed by atoms with van der Waals surface area (Å²) in [6.07, 6.45) is 1.40. The Kier molecular flexibility index (Phi) is 6.21. The highest BCUT2D eigenvalue weighted by atomic mass is 32.2. The Balaban J connectivity index is 1.70. The number of hydrogen-bond acceptors (Lipinski definition) is 7. The number of para-hydroxylation sites is 1. The smallest absolute Gasteiger partial charge is 0.355 e. The molecule has 0 bridgehead atoms. The third-order valence-corrected chi connectivity index (χ3v) is 5.62. The van der Waals surface area contributed by atoms with Gasteiger partial charge in [-0.2, -0.15) is 0 Å². The maximum absolute atomic E-state index is 12.6. The van der Waals surface area contributed by atoms with Gasteiger partial charge in [0, 0.05) is 5.57 Å². The molecule has 1 saturated heterocycles. The lowest BCUT2D eigenvalue weighted by molar-refractivity contribution is -0.152. The number of benzene rings is 1. The first kappa shape index (κ1) is 20.4. The summed E-state index contributed by atoms with van der Waals surface area (Å²) in [5, 5.41) is 1.94. The number of allylic oxidation sites excluding steroid dienone is 1. The Labute approximate surface area is 171 Å². The molecular weight excluding hydrogens is 396 g/mol. The molecule has 8 nitrogen and oxygen atoms in total. The molecule has 2 aliphatic heterocycles. The SMILES string of the molecule is C=CCOC(=O)C1=C(C)C(=C=O)S[C@H]2[C@H](NC(=O)COc3ccccc3)C(=O)N12. The molecule has 2 amide bonds. The molecule has 0 unspecified atom stereocenters. The van der Waals surface area contributed by atoms with Crippen LogP contribution in [0, 0.1) is 0 Å². The van der Waals surface area contributed by atoms with Crippen molar-refractivity contribution in [3.8, 4) is 5.75 Å². The second-order valence-electron chi connectivity index (χ2n) is 6.16. The van der Waals surface area contributed by atoms with Gasteiger partial charge < -0.3 is 14.8 Å². The van der Waals surface area contributed by atoms with Crippen LogP contribution in [0.25, 0.3) is 0 Å². The first-order valence-corrected chi connectivity index (χ1v) is 9.57. The monoisotopic (exact) mass is 414 g/mol. The van der Waals surface area contributed by atoms with Gasteiger partial charge >= 0.3 is 5.97 Å². The predicted molar refractivity (Wildman–Crippen MR) is 105 cm³/mol. The number of nitrogens with zero attached hydrogens (tertiary/aromatic N) is 1. The lowest BCUT2D eigenvalue weighted by Gasteiger charge is -2.49. The number of carbonyl (C=O) groups excluding carboxylic acids is 4. The van der Waals surface area contributed by atoms with Crippen molar-refractivity contribution in [1.29, 1.82) is 0 Å². The zero-order valence-electron chi connectivity index (χ0n) is 15.5. The molecule has 1 N–H and O–H groups in total. The topological polar surface area (TPSA) is 102 Å².